The monoisotopic (exact) mass is 350 g/mol. The SMILES string of the molecule is Cc1ccc(COc2ccc(CNC[C@H]3CCN(C4CC4)C3)cc2)cc1. The quantitative estimate of drug-likeness (QED) is 0.774. The minimum Gasteiger partial charge on any atom is -0.489 e. The molecule has 0 aromatic heterocycles. The van der Waals surface area contributed by atoms with Crippen molar-refractivity contribution in [2.24, 2.45) is 5.92 Å². The van der Waals surface area contributed by atoms with E-state index in [1.807, 2.05) is 0 Å². The number of likely N-dealkylation sites (tertiary alicyclic amines) is 1. The molecular formula is C23H30N2O. The Morgan fingerprint density at radius 2 is 1.69 bits per heavy atom. The number of aryl methyl sites for hydroxylation is 1. The van der Waals surface area contributed by atoms with Gasteiger partial charge in [0.05, 0.1) is 0 Å². The molecule has 138 valence electrons. The van der Waals surface area contributed by atoms with E-state index in [4.69, 9.17) is 4.74 Å². The Balaban J connectivity index is 1.17. The van der Waals surface area contributed by atoms with Crippen molar-refractivity contribution in [2.45, 2.75) is 45.4 Å². The molecule has 0 spiro atoms. The van der Waals surface area contributed by atoms with E-state index in [0.717, 1.165) is 30.8 Å². The van der Waals surface area contributed by atoms with E-state index in [0.29, 0.717) is 6.61 Å². The van der Waals surface area contributed by atoms with Crippen molar-refractivity contribution in [3.05, 3.63) is 65.2 Å². The number of rotatable bonds is 8. The minimum atomic E-state index is 0.622. The zero-order valence-corrected chi connectivity index (χ0v) is 15.8. The molecule has 0 bridgehead atoms. The van der Waals surface area contributed by atoms with Crippen LogP contribution in [0.15, 0.2) is 48.5 Å². The van der Waals surface area contributed by atoms with Crippen LogP contribution in [0.3, 0.4) is 0 Å². The van der Waals surface area contributed by atoms with Crippen molar-refractivity contribution >= 4 is 0 Å². The predicted octanol–water partition coefficient (Wildman–Crippen LogP) is 4.15. The van der Waals surface area contributed by atoms with Gasteiger partial charge in [0.1, 0.15) is 12.4 Å². The van der Waals surface area contributed by atoms with Crippen LogP contribution in [0.5, 0.6) is 5.75 Å². The van der Waals surface area contributed by atoms with Crippen molar-refractivity contribution in [3.8, 4) is 5.75 Å². The maximum atomic E-state index is 5.89. The Hall–Kier alpha value is -1.84. The van der Waals surface area contributed by atoms with E-state index >= 15 is 0 Å². The highest BCUT2D eigenvalue weighted by Crippen LogP contribution is 2.31. The molecule has 2 aromatic rings. The van der Waals surface area contributed by atoms with Gasteiger partial charge in [-0.3, -0.25) is 0 Å². The molecular weight excluding hydrogens is 320 g/mol. The second-order valence-electron chi connectivity index (χ2n) is 7.93. The summed E-state index contributed by atoms with van der Waals surface area (Å²) in [5, 5.41) is 3.64. The van der Waals surface area contributed by atoms with Gasteiger partial charge in [0, 0.05) is 19.1 Å². The first-order valence-corrected chi connectivity index (χ1v) is 9.98. The smallest absolute Gasteiger partial charge is 0.119 e. The van der Waals surface area contributed by atoms with Crippen LogP contribution in [0.2, 0.25) is 0 Å². The average molecular weight is 351 g/mol. The Morgan fingerprint density at radius 1 is 0.962 bits per heavy atom. The van der Waals surface area contributed by atoms with Gasteiger partial charge < -0.3 is 15.0 Å². The van der Waals surface area contributed by atoms with Crippen molar-refractivity contribution in [2.75, 3.05) is 19.6 Å². The van der Waals surface area contributed by atoms with E-state index in [-0.39, 0.29) is 0 Å². The van der Waals surface area contributed by atoms with Crippen LogP contribution < -0.4 is 10.1 Å². The van der Waals surface area contributed by atoms with Crippen LogP contribution in [0.4, 0.5) is 0 Å². The molecule has 3 nitrogen and oxygen atoms in total. The lowest BCUT2D eigenvalue weighted by molar-refractivity contribution is 0.306. The highest BCUT2D eigenvalue weighted by atomic mass is 16.5. The van der Waals surface area contributed by atoms with E-state index in [1.54, 1.807) is 0 Å². The highest BCUT2D eigenvalue weighted by Gasteiger charge is 2.33. The normalized spacial score (nSPS) is 20.4. The molecule has 1 aliphatic carbocycles. The third-order valence-corrected chi connectivity index (χ3v) is 5.59. The van der Waals surface area contributed by atoms with Gasteiger partial charge in [0.2, 0.25) is 0 Å². The van der Waals surface area contributed by atoms with Crippen LogP contribution in [0.25, 0.3) is 0 Å². The molecule has 2 aromatic carbocycles. The summed E-state index contributed by atoms with van der Waals surface area (Å²) in [6.07, 6.45) is 4.21. The second kappa shape index (κ2) is 8.24. The third kappa shape index (κ3) is 4.87. The molecule has 1 aliphatic heterocycles. The fraction of sp³-hybridized carbons (Fsp3) is 0.478. The Labute approximate surface area is 157 Å². The lowest BCUT2D eigenvalue weighted by Crippen LogP contribution is -2.27. The van der Waals surface area contributed by atoms with E-state index < -0.39 is 0 Å². The molecule has 1 saturated heterocycles. The van der Waals surface area contributed by atoms with Crippen LogP contribution >= 0.6 is 0 Å². The van der Waals surface area contributed by atoms with Gasteiger partial charge >= 0.3 is 0 Å². The largest absolute Gasteiger partial charge is 0.489 e. The van der Waals surface area contributed by atoms with Crippen molar-refractivity contribution in [1.82, 2.24) is 10.2 Å². The summed E-state index contributed by atoms with van der Waals surface area (Å²) < 4.78 is 5.89. The fourth-order valence-corrected chi connectivity index (χ4v) is 3.78. The summed E-state index contributed by atoms with van der Waals surface area (Å²) in [7, 11) is 0. The van der Waals surface area contributed by atoms with Crippen LogP contribution in [-0.2, 0) is 13.2 Å². The molecule has 2 fully saturated rings. The van der Waals surface area contributed by atoms with Gasteiger partial charge in [0.15, 0.2) is 0 Å². The Kier molecular flexibility index (Phi) is 5.57. The zero-order valence-electron chi connectivity index (χ0n) is 15.8. The molecule has 1 atom stereocenters. The maximum Gasteiger partial charge on any atom is 0.119 e. The number of hydrogen-bond donors (Lipinski definition) is 1. The summed E-state index contributed by atoms with van der Waals surface area (Å²) in [4.78, 5) is 2.69. The number of benzene rings is 2. The summed E-state index contributed by atoms with van der Waals surface area (Å²) in [5.41, 5.74) is 3.81. The first kappa shape index (κ1) is 17.6. The maximum absolute atomic E-state index is 5.89. The molecule has 2 aliphatic rings. The predicted molar refractivity (Wildman–Crippen MR) is 106 cm³/mol. The van der Waals surface area contributed by atoms with Crippen molar-refractivity contribution in [1.29, 1.82) is 0 Å². The van der Waals surface area contributed by atoms with Gasteiger partial charge in [0.25, 0.3) is 0 Å². The minimum absolute atomic E-state index is 0.622. The summed E-state index contributed by atoms with van der Waals surface area (Å²) in [6, 6.07) is 17.9. The molecule has 0 unspecified atom stereocenters. The molecule has 1 N–H and O–H groups in total. The second-order valence-corrected chi connectivity index (χ2v) is 7.93. The highest BCUT2D eigenvalue weighted by molar-refractivity contribution is 5.28. The molecule has 4 rings (SSSR count). The lowest BCUT2D eigenvalue weighted by atomic mass is 10.1. The summed E-state index contributed by atoms with van der Waals surface area (Å²) in [6.45, 7) is 7.41. The van der Waals surface area contributed by atoms with Crippen LogP contribution in [0.1, 0.15) is 36.0 Å². The molecule has 1 heterocycles. The standard InChI is InChI=1S/C23H30N2O/c1-18-2-4-20(5-3-18)17-26-23-10-6-19(7-11-23)14-24-15-21-12-13-25(16-21)22-8-9-22/h2-7,10-11,21-22,24H,8-9,12-17H2,1H3/t21-/m1/s1. The number of hydrogen-bond acceptors (Lipinski definition) is 3. The molecule has 3 heteroatoms. The van der Waals surface area contributed by atoms with Crippen molar-refractivity contribution in [3.63, 3.8) is 0 Å². The van der Waals surface area contributed by atoms with Crippen molar-refractivity contribution < 1.29 is 4.74 Å². The number of nitrogens with zero attached hydrogens (tertiary/aromatic N) is 1. The van der Waals surface area contributed by atoms with Gasteiger partial charge in [-0.1, -0.05) is 42.0 Å². The van der Waals surface area contributed by atoms with E-state index in [9.17, 15) is 0 Å². The Morgan fingerprint density at radius 3 is 2.42 bits per heavy atom. The first-order valence-electron chi connectivity index (χ1n) is 9.98. The third-order valence-electron chi connectivity index (χ3n) is 5.59. The molecule has 0 radical (unpaired) electrons. The van der Waals surface area contributed by atoms with E-state index in [1.165, 1.54) is 49.0 Å². The lowest BCUT2D eigenvalue weighted by Gasteiger charge is -2.15. The van der Waals surface area contributed by atoms with Gasteiger partial charge in [-0.2, -0.15) is 0 Å². The molecule has 1 saturated carbocycles. The number of ether oxygens (including phenoxy) is 1. The fourth-order valence-electron chi connectivity index (χ4n) is 3.78. The topological polar surface area (TPSA) is 24.5 Å². The van der Waals surface area contributed by atoms with Gasteiger partial charge in [-0.25, -0.2) is 0 Å². The van der Waals surface area contributed by atoms with Crippen LogP contribution in [0, 0.1) is 12.8 Å². The van der Waals surface area contributed by atoms with Gasteiger partial charge in [-0.15, -0.1) is 0 Å². The Bertz CT molecular complexity index is 691. The molecule has 0 amide bonds. The first-order chi connectivity index (χ1) is 12.8. The molecule has 26 heavy (non-hydrogen) atoms. The van der Waals surface area contributed by atoms with Gasteiger partial charge in [-0.05, 0) is 68.5 Å². The van der Waals surface area contributed by atoms with E-state index in [2.05, 4.69) is 65.7 Å². The summed E-state index contributed by atoms with van der Waals surface area (Å²) in [5.74, 6) is 1.76. The average Bonchev–Trinajstić information content (AvgIpc) is 3.41. The zero-order chi connectivity index (χ0) is 17.8. The van der Waals surface area contributed by atoms with Crippen LogP contribution in [-0.4, -0.2) is 30.6 Å². The number of nitrogens with one attached hydrogen (secondary N) is 1. The summed E-state index contributed by atoms with van der Waals surface area (Å²) >= 11 is 0.